The molecule has 3 rings (SSSR count). The predicted octanol–water partition coefficient (Wildman–Crippen LogP) is 3.39. The summed E-state index contributed by atoms with van der Waals surface area (Å²) in [6.45, 7) is 4.19. The molecule has 0 radical (unpaired) electrons. The lowest BCUT2D eigenvalue weighted by atomic mass is 10.1. The summed E-state index contributed by atoms with van der Waals surface area (Å²) in [7, 11) is -2.53. The van der Waals surface area contributed by atoms with E-state index in [-0.39, 0.29) is 33.1 Å². The van der Waals surface area contributed by atoms with Crippen LogP contribution in [0.2, 0.25) is 0 Å². The predicted molar refractivity (Wildman–Crippen MR) is 102 cm³/mol. The maximum Gasteiger partial charge on any atom is 0.337 e. The Morgan fingerprint density at radius 2 is 1.74 bits per heavy atom. The third kappa shape index (κ3) is 3.42. The molecule has 0 aromatic heterocycles. The molecule has 2 aromatic rings. The standard InChI is InChI=1S/C20H21NO5S/c1-12-4-5-14(10-13(12)2)27(24,25)15-6-7-18-17(11-15)19(22)16(8-9-21-18)20(23)26-3/h4-7,10-11,21-22H,8-9H2,1-3H3. The number of carbonyl (C=O) groups is 1. The molecule has 1 aliphatic heterocycles. The number of anilines is 1. The zero-order valence-corrected chi connectivity index (χ0v) is 16.2. The Kier molecular flexibility index (Phi) is 4.97. The summed E-state index contributed by atoms with van der Waals surface area (Å²) in [5.74, 6) is -0.899. The Morgan fingerprint density at radius 1 is 1.07 bits per heavy atom. The highest BCUT2D eigenvalue weighted by Crippen LogP contribution is 2.33. The van der Waals surface area contributed by atoms with Crippen LogP contribution in [0.15, 0.2) is 51.8 Å². The van der Waals surface area contributed by atoms with Gasteiger partial charge in [0.2, 0.25) is 9.84 Å². The zero-order valence-electron chi connectivity index (χ0n) is 15.4. The molecule has 0 fully saturated rings. The van der Waals surface area contributed by atoms with Crippen LogP contribution in [0, 0.1) is 13.8 Å². The van der Waals surface area contributed by atoms with Crippen LogP contribution in [-0.4, -0.2) is 33.1 Å². The Balaban J connectivity index is 2.15. The van der Waals surface area contributed by atoms with Gasteiger partial charge in [-0.1, -0.05) is 6.07 Å². The minimum atomic E-state index is -3.77. The molecule has 7 heteroatoms. The summed E-state index contributed by atoms with van der Waals surface area (Å²) in [6.07, 6.45) is 0.270. The van der Waals surface area contributed by atoms with Crippen molar-refractivity contribution in [2.45, 2.75) is 30.1 Å². The molecule has 0 spiro atoms. The average Bonchev–Trinajstić information content (AvgIpc) is 2.82. The number of hydrogen-bond acceptors (Lipinski definition) is 6. The average molecular weight is 387 g/mol. The van der Waals surface area contributed by atoms with Crippen LogP contribution >= 0.6 is 0 Å². The van der Waals surface area contributed by atoms with E-state index in [1.807, 2.05) is 13.8 Å². The first-order chi connectivity index (χ1) is 12.8. The largest absolute Gasteiger partial charge is 0.507 e. The molecule has 0 atom stereocenters. The number of hydrogen-bond donors (Lipinski definition) is 2. The van der Waals surface area contributed by atoms with Gasteiger partial charge in [-0.2, -0.15) is 0 Å². The number of aliphatic hydroxyl groups excluding tert-OH is 1. The number of carbonyl (C=O) groups excluding carboxylic acids is 1. The molecule has 0 saturated heterocycles. The quantitative estimate of drug-likeness (QED) is 0.784. The molecule has 0 saturated carbocycles. The van der Waals surface area contributed by atoms with Crippen molar-refractivity contribution in [3.8, 4) is 0 Å². The van der Waals surface area contributed by atoms with E-state index in [9.17, 15) is 18.3 Å². The fourth-order valence-electron chi connectivity index (χ4n) is 2.98. The van der Waals surface area contributed by atoms with Crippen LogP contribution in [0.5, 0.6) is 0 Å². The van der Waals surface area contributed by atoms with Gasteiger partial charge in [0, 0.05) is 24.2 Å². The minimum Gasteiger partial charge on any atom is -0.507 e. The van der Waals surface area contributed by atoms with Gasteiger partial charge in [0.05, 0.1) is 22.5 Å². The number of ether oxygens (including phenoxy) is 1. The first kappa shape index (κ1) is 19.0. The molecule has 0 bridgehead atoms. The molecule has 0 amide bonds. The van der Waals surface area contributed by atoms with Crippen LogP contribution in [0.3, 0.4) is 0 Å². The van der Waals surface area contributed by atoms with Crippen LogP contribution in [-0.2, 0) is 19.4 Å². The smallest absolute Gasteiger partial charge is 0.337 e. The van der Waals surface area contributed by atoms with Crippen molar-refractivity contribution >= 4 is 27.3 Å². The summed E-state index contributed by atoms with van der Waals surface area (Å²) in [5, 5.41) is 13.7. The fourth-order valence-corrected chi connectivity index (χ4v) is 4.35. The van der Waals surface area contributed by atoms with Gasteiger partial charge in [-0.15, -0.1) is 0 Å². The number of esters is 1. The molecule has 1 heterocycles. The number of fused-ring (bicyclic) bond motifs is 1. The van der Waals surface area contributed by atoms with Crippen molar-refractivity contribution in [3.63, 3.8) is 0 Å². The highest BCUT2D eigenvalue weighted by Gasteiger charge is 2.25. The van der Waals surface area contributed by atoms with E-state index in [4.69, 9.17) is 4.74 Å². The summed E-state index contributed by atoms with van der Waals surface area (Å²) in [6, 6.07) is 9.43. The Morgan fingerprint density at radius 3 is 2.41 bits per heavy atom. The molecule has 0 unspecified atom stereocenters. The molecule has 2 N–H and O–H groups in total. The van der Waals surface area contributed by atoms with E-state index >= 15 is 0 Å². The van der Waals surface area contributed by atoms with Crippen molar-refractivity contribution in [1.29, 1.82) is 0 Å². The maximum absolute atomic E-state index is 13.0. The lowest BCUT2D eigenvalue weighted by Crippen LogP contribution is -2.09. The molecular weight excluding hydrogens is 366 g/mol. The highest BCUT2D eigenvalue weighted by atomic mass is 32.2. The lowest BCUT2D eigenvalue weighted by Gasteiger charge is -2.12. The van der Waals surface area contributed by atoms with Gasteiger partial charge in [-0.05, 0) is 55.3 Å². The second-order valence-electron chi connectivity index (χ2n) is 6.45. The van der Waals surface area contributed by atoms with Crippen LogP contribution in [0.4, 0.5) is 5.69 Å². The monoisotopic (exact) mass is 387 g/mol. The molecular formula is C20H21NO5S. The number of benzene rings is 2. The van der Waals surface area contributed by atoms with Gasteiger partial charge >= 0.3 is 5.97 Å². The second kappa shape index (κ2) is 7.08. The zero-order chi connectivity index (χ0) is 19.8. The van der Waals surface area contributed by atoms with Crippen molar-refractivity contribution in [3.05, 3.63) is 58.7 Å². The summed E-state index contributed by atoms with van der Waals surface area (Å²) >= 11 is 0. The number of aliphatic hydroxyl groups is 1. The fraction of sp³-hybridized carbons (Fsp3) is 0.250. The third-order valence-electron chi connectivity index (χ3n) is 4.75. The van der Waals surface area contributed by atoms with Crippen molar-refractivity contribution in [2.24, 2.45) is 0 Å². The van der Waals surface area contributed by atoms with E-state index in [1.54, 1.807) is 24.3 Å². The van der Waals surface area contributed by atoms with E-state index in [1.165, 1.54) is 19.2 Å². The van der Waals surface area contributed by atoms with Gasteiger partial charge in [-0.25, -0.2) is 13.2 Å². The molecule has 142 valence electrons. The van der Waals surface area contributed by atoms with E-state index < -0.39 is 15.8 Å². The molecule has 2 aromatic carbocycles. The van der Waals surface area contributed by atoms with E-state index in [0.29, 0.717) is 12.2 Å². The Labute approximate surface area is 158 Å². The van der Waals surface area contributed by atoms with Crippen LogP contribution in [0.1, 0.15) is 23.1 Å². The summed E-state index contributed by atoms with van der Waals surface area (Å²) in [4.78, 5) is 12.2. The van der Waals surface area contributed by atoms with E-state index in [0.717, 1.165) is 11.1 Å². The van der Waals surface area contributed by atoms with Gasteiger partial charge in [0.15, 0.2) is 0 Å². The number of methoxy groups -OCH3 is 1. The summed E-state index contributed by atoms with van der Waals surface area (Å²) in [5.41, 5.74) is 2.82. The second-order valence-corrected chi connectivity index (χ2v) is 8.40. The minimum absolute atomic E-state index is 0.0453. The molecule has 27 heavy (non-hydrogen) atoms. The van der Waals surface area contributed by atoms with Gasteiger partial charge in [0.25, 0.3) is 0 Å². The molecule has 0 aliphatic carbocycles. The highest BCUT2D eigenvalue weighted by molar-refractivity contribution is 7.91. The van der Waals surface area contributed by atoms with Crippen molar-refractivity contribution < 1.29 is 23.1 Å². The van der Waals surface area contributed by atoms with Crippen LogP contribution in [0.25, 0.3) is 5.76 Å². The molecule has 1 aliphatic rings. The number of aryl methyl sites for hydroxylation is 2. The summed E-state index contributed by atoms with van der Waals surface area (Å²) < 4.78 is 30.8. The van der Waals surface area contributed by atoms with Gasteiger partial charge in [-0.3, -0.25) is 0 Å². The molecule has 6 nitrogen and oxygen atoms in total. The Bertz CT molecular complexity index is 1050. The maximum atomic E-state index is 13.0. The van der Waals surface area contributed by atoms with Crippen LogP contribution < -0.4 is 5.32 Å². The van der Waals surface area contributed by atoms with Gasteiger partial charge < -0.3 is 15.2 Å². The third-order valence-corrected chi connectivity index (χ3v) is 6.50. The lowest BCUT2D eigenvalue weighted by molar-refractivity contribution is -0.136. The topological polar surface area (TPSA) is 92.7 Å². The normalized spacial score (nSPS) is 14.2. The van der Waals surface area contributed by atoms with E-state index in [2.05, 4.69) is 5.32 Å². The SMILES string of the molecule is COC(=O)C1=C(O)c2cc(S(=O)(=O)c3ccc(C)c(C)c3)ccc2NCC1. The number of nitrogens with one attached hydrogen (secondary N) is 1. The number of rotatable bonds is 3. The first-order valence-corrected chi connectivity index (χ1v) is 9.95. The van der Waals surface area contributed by atoms with Crippen molar-refractivity contribution in [1.82, 2.24) is 0 Å². The van der Waals surface area contributed by atoms with Gasteiger partial charge in [0.1, 0.15) is 5.76 Å². The Hall–Kier alpha value is -2.80. The first-order valence-electron chi connectivity index (χ1n) is 8.46. The van der Waals surface area contributed by atoms with Crippen molar-refractivity contribution in [2.75, 3.05) is 19.0 Å². The number of sulfone groups is 1.